The van der Waals surface area contributed by atoms with Crippen LogP contribution in [0.1, 0.15) is 59.3 Å². The van der Waals surface area contributed by atoms with E-state index < -0.39 is 5.54 Å². The van der Waals surface area contributed by atoms with E-state index in [2.05, 4.69) is 26.1 Å². The van der Waals surface area contributed by atoms with Crippen molar-refractivity contribution in [2.24, 2.45) is 23.5 Å². The maximum Gasteiger partial charge on any atom is 0.240 e. The summed E-state index contributed by atoms with van der Waals surface area (Å²) in [5, 5.41) is 3.26. The minimum Gasteiger partial charge on any atom is -0.351 e. The molecule has 2 rings (SSSR count). The summed E-state index contributed by atoms with van der Waals surface area (Å²) in [4.78, 5) is 12.3. The molecule has 0 aromatic rings. The summed E-state index contributed by atoms with van der Waals surface area (Å²) in [6.45, 7) is 6.82. The summed E-state index contributed by atoms with van der Waals surface area (Å²) in [6.07, 6.45) is 6.45. The lowest BCUT2D eigenvalue weighted by atomic mass is 9.72. The number of hydrogen-bond donors (Lipinski definition) is 2. The van der Waals surface area contributed by atoms with Gasteiger partial charge in [0, 0.05) is 6.04 Å². The molecule has 1 amide bonds. The first-order valence-corrected chi connectivity index (χ1v) is 7.52. The molecule has 3 atom stereocenters. The molecule has 0 aliphatic heterocycles. The smallest absolute Gasteiger partial charge is 0.240 e. The number of carbonyl (C=O) groups is 1. The molecule has 0 aromatic heterocycles. The summed E-state index contributed by atoms with van der Waals surface area (Å²) in [5.74, 6) is 2.07. The molecular weight excluding hydrogens is 224 g/mol. The minimum absolute atomic E-state index is 0.0958. The molecule has 0 heterocycles. The molecule has 3 N–H and O–H groups in total. The first kappa shape index (κ1) is 13.9. The molecule has 3 unspecified atom stereocenters. The van der Waals surface area contributed by atoms with Crippen LogP contribution in [0.5, 0.6) is 0 Å². The predicted octanol–water partition coefficient (Wildman–Crippen LogP) is 2.44. The highest BCUT2D eigenvalue weighted by atomic mass is 16.2. The maximum atomic E-state index is 12.3. The summed E-state index contributed by atoms with van der Waals surface area (Å²) < 4.78 is 0. The topological polar surface area (TPSA) is 55.1 Å². The lowest BCUT2D eigenvalue weighted by molar-refractivity contribution is -0.130. The summed E-state index contributed by atoms with van der Waals surface area (Å²) in [6, 6.07) is 0.335. The van der Waals surface area contributed by atoms with Crippen molar-refractivity contribution in [1.82, 2.24) is 5.32 Å². The molecule has 0 aromatic carbocycles. The monoisotopic (exact) mass is 252 g/mol. The van der Waals surface area contributed by atoms with Gasteiger partial charge in [-0.1, -0.05) is 27.2 Å². The van der Waals surface area contributed by atoms with E-state index in [0.717, 1.165) is 31.6 Å². The van der Waals surface area contributed by atoms with E-state index in [1.54, 1.807) is 0 Å². The van der Waals surface area contributed by atoms with E-state index in [-0.39, 0.29) is 5.91 Å². The number of nitrogens with one attached hydrogen (secondary N) is 1. The lowest BCUT2D eigenvalue weighted by Gasteiger charge is -2.42. The van der Waals surface area contributed by atoms with Crippen molar-refractivity contribution in [3.63, 3.8) is 0 Å². The Morgan fingerprint density at radius 3 is 2.50 bits per heavy atom. The molecule has 3 heteroatoms. The van der Waals surface area contributed by atoms with Gasteiger partial charge in [0.2, 0.25) is 5.91 Å². The summed E-state index contributed by atoms with van der Waals surface area (Å²) in [5.41, 5.74) is 5.55. The fourth-order valence-corrected chi connectivity index (χ4v) is 3.47. The van der Waals surface area contributed by atoms with Crippen molar-refractivity contribution in [3.8, 4) is 0 Å². The fraction of sp³-hybridized carbons (Fsp3) is 0.933. The van der Waals surface area contributed by atoms with Crippen LogP contribution in [0.25, 0.3) is 0 Å². The molecule has 3 nitrogen and oxygen atoms in total. The largest absolute Gasteiger partial charge is 0.351 e. The van der Waals surface area contributed by atoms with Crippen LogP contribution >= 0.6 is 0 Å². The standard InChI is InChI=1S/C15H28N2O/c1-10(2)12-6-5-11(3)9-13(12)17-14(18)15(16)7-4-8-15/h10-13H,4-9,16H2,1-3H3,(H,17,18). The third kappa shape index (κ3) is 2.71. The zero-order valence-electron chi connectivity index (χ0n) is 12.0. The van der Waals surface area contributed by atoms with Crippen LogP contribution in [-0.2, 0) is 4.79 Å². The van der Waals surface area contributed by atoms with Gasteiger partial charge in [0.15, 0.2) is 0 Å². The first-order valence-electron chi connectivity index (χ1n) is 7.52. The van der Waals surface area contributed by atoms with E-state index in [1.165, 1.54) is 12.8 Å². The van der Waals surface area contributed by atoms with E-state index in [1.807, 2.05) is 0 Å². The second-order valence-corrected chi connectivity index (χ2v) is 6.92. The third-order valence-corrected chi connectivity index (χ3v) is 5.04. The van der Waals surface area contributed by atoms with Crippen molar-refractivity contribution in [1.29, 1.82) is 0 Å². The SMILES string of the molecule is CC1CCC(C(C)C)C(NC(=O)C2(N)CCC2)C1. The predicted molar refractivity (Wildman–Crippen MR) is 74.0 cm³/mol. The third-order valence-electron chi connectivity index (χ3n) is 5.04. The van der Waals surface area contributed by atoms with Crippen LogP contribution in [0.15, 0.2) is 0 Å². The molecule has 2 aliphatic carbocycles. The number of hydrogen-bond acceptors (Lipinski definition) is 2. The Hall–Kier alpha value is -0.570. The van der Waals surface area contributed by atoms with Gasteiger partial charge in [0.25, 0.3) is 0 Å². The Balaban J connectivity index is 1.98. The van der Waals surface area contributed by atoms with Crippen molar-refractivity contribution >= 4 is 5.91 Å². The van der Waals surface area contributed by atoms with Crippen molar-refractivity contribution in [2.45, 2.75) is 70.9 Å². The van der Waals surface area contributed by atoms with Crippen molar-refractivity contribution in [2.75, 3.05) is 0 Å². The molecule has 0 spiro atoms. The number of rotatable bonds is 3. The van der Waals surface area contributed by atoms with E-state index in [0.29, 0.717) is 17.9 Å². The van der Waals surface area contributed by atoms with Crippen LogP contribution in [0.4, 0.5) is 0 Å². The van der Waals surface area contributed by atoms with Crippen LogP contribution in [0.2, 0.25) is 0 Å². The van der Waals surface area contributed by atoms with E-state index >= 15 is 0 Å². The van der Waals surface area contributed by atoms with Crippen LogP contribution < -0.4 is 11.1 Å². The molecule has 2 aliphatic rings. The Morgan fingerprint density at radius 2 is 2.00 bits per heavy atom. The van der Waals surface area contributed by atoms with Gasteiger partial charge < -0.3 is 11.1 Å². The molecular formula is C15H28N2O. The first-order chi connectivity index (χ1) is 8.42. The molecule has 0 saturated heterocycles. The normalized spacial score (nSPS) is 35.1. The lowest BCUT2D eigenvalue weighted by Crippen LogP contribution is -2.61. The molecule has 0 bridgehead atoms. The Bertz CT molecular complexity index is 310. The fourth-order valence-electron chi connectivity index (χ4n) is 3.47. The Kier molecular flexibility index (Phi) is 4.00. The Morgan fingerprint density at radius 1 is 1.33 bits per heavy atom. The van der Waals surface area contributed by atoms with Crippen LogP contribution in [0, 0.1) is 17.8 Å². The van der Waals surface area contributed by atoms with Gasteiger partial charge in [-0.25, -0.2) is 0 Å². The molecule has 0 radical (unpaired) electrons. The van der Waals surface area contributed by atoms with Crippen molar-refractivity contribution < 1.29 is 4.79 Å². The van der Waals surface area contributed by atoms with Gasteiger partial charge in [-0.15, -0.1) is 0 Å². The molecule has 2 fully saturated rings. The quantitative estimate of drug-likeness (QED) is 0.810. The Labute approximate surface area is 111 Å². The van der Waals surface area contributed by atoms with Gasteiger partial charge in [-0.3, -0.25) is 4.79 Å². The van der Waals surface area contributed by atoms with Gasteiger partial charge in [-0.2, -0.15) is 0 Å². The number of nitrogens with two attached hydrogens (primary N) is 1. The second-order valence-electron chi connectivity index (χ2n) is 6.92. The summed E-state index contributed by atoms with van der Waals surface area (Å²) in [7, 11) is 0. The van der Waals surface area contributed by atoms with Gasteiger partial charge in [0.1, 0.15) is 0 Å². The van der Waals surface area contributed by atoms with Crippen LogP contribution in [-0.4, -0.2) is 17.5 Å². The van der Waals surface area contributed by atoms with Gasteiger partial charge >= 0.3 is 0 Å². The van der Waals surface area contributed by atoms with Crippen LogP contribution in [0.3, 0.4) is 0 Å². The average Bonchev–Trinajstić information content (AvgIpc) is 2.25. The summed E-state index contributed by atoms with van der Waals surface area (Å²) >= 11 is 0. The molecule has 18 heavy (non-hydrogen) atoms. The van der Waals surface area contributed by atoms with E-state index in [4.69, 9.17) is 5.73 Å². The molecule has 2 saturated carbocycles. The number of amides is 1. The molecule has 104 valence electrons. The highest BCUT2D eigenvalue weighted by Gasteiger charge is 2.42. The highest BCUT2D eigenvalue weighted by Crippen LogP contribution is 2.35. The number of carbonyl (C=O) groups excluding carboxylic acids is 1. The van der Waals surface area contributed by atoms with Gasteiger partial charge in [-0.05, 0) is 49.9 Å². The second kappa shape index (κ2) is 5.20. The maximum absolute atomic E-state index is 12.3. The zero-order chi connectivity index (χ0) is 13.3. The average molecular weight is 252 g/mol. The highest BCUT2D eigenvalue weighted by molar-refractivity contribution is 5.87. The van der Waals surface area contributed by atoms with Crippen molar-refractivity contribution in [3.05, 3.63) is 0 Å². The minimum atomic E-state index is -0.553. The van der Waals surface area contributed by atoms with Gasteiger partial charge in [0.05, 0.1) is 5.54 Å². The zero-order valence-corrected chi connectivity index (χ0v) is 12.0. The van der Waals surface area contributed by atoms with E-state index in [9.17, 15) is 4.79 Å².